The number of aliphatic carboxylic acids is 1. The average molecular weight is 291 g/mol. The number of amides is 1. The van der Waals surface area contributed by atoms with Crippen LogP contribution in [0, 0.1) is 17.7 Å². The number of hydrogen-bond donors (Lipinski definition) is 2. The molecular weight excluding hydrogens is 273 g/mol. The molecule has 1 aromatic rings. The molecular formula is C16H18FNO3. The third kappa shape index (κ3) is 3.06. The van der Waals surface area contributed by atoms with Gasteiger partial charge in [0.05, 0.1) is 5.92 Å². The first kappa shape index (κ1) is 14.0. The molecule has 4 atom stereocenters. The van der Waals surface area contributed by atoms with Gasteiger partial charge in [-0.1, -0.05) is 12.1 Å². The van der Waals surface area contributed by atoms with Crippen LogP contribution in [0.25, 0.3) is 0 Å². The molecule has 0 aliphatic heterocycles. The van der Waals surface area contributed by atoms with Crippen LogP contribution in [0.3, 0.4) is 0 Å². The van der Waals surface area contributed by atoms with Crippen LogP contribution >= 0.6 is 0 Å². The maximum Gasteiger partial charge on any atom is 0.306 e. The highest BCUT2D eigenvalue weighted by Gasteiger charge is 2.42. The molecule has 2 unspecified atom stereocenters. The van der Waals surface area contributed by atoms with Crippen LogP contribution in [0.2, 0.25) is 0 Å². The van der Waals surface area contributed by atoms with E-state index in [4.69, 9.17) is 5.11 Å². The van der Waals surface area contributed by atoms with Crippen molar-refractivity contribution in [3.8, 4) is 0 Å². The summed E-state index contributed by atoms with van der Waals surface area (Å²) in [5.41, 5.74) is 0.912. The molecule has 0 spiro atoms. The minimum absolute atomic E-state index is 0.0531. The van der Waals surface area contributed by atoms with Gasteiger partial charge in [-0.15, -0.1) is 0 Å². The first-order valence-electron chi connectivity index (χ1n) is 7.33. The third-order valence-corrected chi connectivity index (χ3v) is 4.55. The van der Waals surface area contributed by atoms with Crippen LogP contribution in [0.15, 0.2) is 24.3 Å². The largest absolute Gasteiger partial charge is 0.481 e. The fourth-order valence-corrected chi connectivity index (χ4v) is 3.20. The minimum Gasteiger partial charge on any atom is -0.481 e. The summed E-state index contributed by atoms with van der Waals surface area (Å²) >= 11 is 0. The van der Waals surface area contributed by atoms with Crippen LogP contribution in [0.1, 0.15) is 37.2 Å². The van der Waals surface area contributed by atoms with Gasteiger partial charge >= 0.3 is 5.97 Å². The van der Waals surface area contributed by atoms with Crippen molar-refractivity contribution in [1.82, 2.24) is 5.32 Å². The van der Waals surface area contributed by atoms with Crippen molar-refractivity contribution in [3.05, 3.63) is 35.6 Å². The second-order valence-corrected chi connectivity index (χ2v) is 6.06. The molecule has 0 heterocycles. The van der Waals surface area contributed by atoms with E-state index in [9.17, 15) is 14.0 Å². The Morgan fingerprint density at radius 1 is 1.19 bits per heavy atom. The number of carboxylic acid groups (broad SMARTS) is 1. The van der Waals surface area contributed by atoms with Gasteiger partial charge in [0.1, 0.15) is 5.82 Å². The standard InChI is InChI=1S/C16H18FNO3/c17-12-3-1-2-9(7-12)13-8-14(13)18-15(19)10-4-5-11(6-10)16(20)21/h1-3,7,10-11,13-14H,4-6,8H2,(H,18,19)(H,20,21)/t10-,11+,13?,14?/m0/s1. The molecule has 1 aromatic carbocycles. The van der Waals surface area contributed by atoms with E-state index in [0.717, 1.165) is 12.0 Å². The highest BCUT2D eigenvalue weighted by atomic mass is 19.1. The first-order valence-corrected chi connectivity index (χ1v) is 7.33. The lowest BCUT2D eigenvalue weighted by Crippen LogP contribution is -2.32. The maximum absolute atomic E-state index is 13.2. The molecule has 0 saturated heterocycles. The topological polar surface area (TPSA) is 66.4 Å². The van der Waals surface area contributed by atoms with Crippen molar-refractivity contribution in [2.75, 3.05) is 0 Å². The van der Waals surface area contributed by atoms with E-state index in [1.54, 1.807) is 6.07 Å². The maximum atomic E-state index is 13.2. The molecule has 2 saturated carbocycles. The normalized spacial score (nSPS) is 30.9. The van der Waals surface area contributed by atoms with E-state index in [2.05, 4.69) is 5.32 Å². The van der Waals surface area contributed by atoms with E-state index in [0.29, 0.717) is 19.3 Å². The SMILES string of the molecule is O=C(O)[C@@H]1CC[C@H](C(=O)NC2CC2c2cccc(F)c2)C1. The highest BCUT2D eigenvalue weighted by Crippen LogP contribution is 2.41. The van der Waals surface area contributed by atoms with Crippen molar-refractivity contribution in [1.29, 1.82) is 0 Å². The van der Waals surface area contributed by atoms with Crippen molar-refractivity contribution in [2.45, 2.75) is 37.6 Å². The second-order valence-electron chi connectivity index (χ2n) is 6.06. The molecule has 4 nitrogen and oxygen atoms in total. The Labute approximate surface area is 122 Å². The average Bonchev–Trinajstić information content (AvgIpc) is 3.01. The van der Waals surface area contributed by atoms with Crippen LogP contribution in [-0.2, 0) is 9.59 Å². The van der Waals surface area contributed by atoms with Crippen molar-refractivity contribution in [2.24, 2.45) is 11.8 Å². The van der Waals surface area contributed by atoms with E-state index in [1.807, 2.05) is 6.07 Å². The monoisotopic (exact) mass is 291 g/mol. The van der Waals surface area contributed by atoms with Crippen molar-refractivity contribution < 1.29 is 19.1 Å². The van der Waals surface area contributed by atoms with Gasteiger partial charge in [-0.05, 0) is 43.4 Å². The van der Waals surface area contributed by atoms with Crippen molar-refractivity contribution in [3.63, 3.8) is 0 Å². The Morgan fingerprint density at radius 3 is 2.62 bits per heavy atom. The number of benzene rings is 1. The molecule has 0 radical (unpaired) electrons. The lowest BCUT2D eigenvalue weighted by Gasteiger charge is -2.10. The van der Waals surface area contributed by atoms with E-state index < -0.39 is 5.97 Å². The predicted molar refractivity (Wildman–Crippen MR) is 74.2 cm³/mol. The van der Waals surface area contributed by atoms with Crippen LogP contribution in [0.4, 0.5) is 4.39 Å². The molecule has 112 valence electrons. The number of carbonyl (C=O) groups is 2. The number of nitrogens with one attached hydrogen (secondary N) is 1. The second kappa shape index (κ2) is 5.47. The number of carboxylic acids is 1. The summed E-state index contributed by atoms with van der Waals surface area (Å²) < 4.78 is 13.2. The molecule has 21 heavy (non-hydrogen) atoms. The molecule has 2 N–H and O–H groups in total. The first-order chi connectivity index (χ1) is 10.0. The highest BCUT2D eigenvalue weighted by molar-refractivity contribution is 5.81. The molecule has 0 bridgehead atoms. The van der Waals surface area contributed by atoms with Crippen LogP contribution in [-0.4, -0.2) is 23.0 Å². The summed E-state index contributed by atoms with van der Waals surface area (Å²) in [6.45, 7) is 0. The quantitative estimate of drug-likeness (QED) is 0.894. The molecule has 5 heteroatoms. The summed E-state index contributed by atoms with van der Waals surface area (Å²) in [5.74, 6) is -1.53. The Morgan fingerprint density at radius 2 is 1.95 bits per heavy atom. The van der Waals surface area contributed by atoms with Gasteiger partial charge in [0.2, 0.25) is 5.91 Å². The summed E-state index contributed by atoms with van der Waals surface area (Å²) in [6.07, 6.45) is 2.47. The number of carbonyl (C=O) groups excluding carboxylic acids is 1. The van der Waals surface area contributed by atoms with Gasteiger partial charge in [-0.2, -0.15) is 0 Å². The third-order valence-electron chi connectivity index (χ3n) is 4.55. The molecule has 2 aliphatic rings. The summed E-state index contributed by atoms with van der Waals surface area (Å²) in [4.78, 5) is 23.0. The van der Waals surface area contributed by atoms with Gasteiger partial charge in [0, 0.05) is 17.9 Å². The van der Waals surface area contributed by atoms with E-state index >= 15 is 0 Å². The molecule has 2 aliphatic carbocycles. The molecule has 1 amide bonds. The van der Waals surface area contributed by atoms with Crippen LogP contribution < -0.4 is 5.32 Å². The van der Waals surface area contributed by atoms with Gasteiger partial charge < -0.3 is 10.4 Å². The fourth-order valence-electron chi connectivity index (χ4n) is 3.20. The number of hydrogen-bond acceptors (Lipinski definition) is 2. The lowest BCUT2D eigenvalue weighted by molar-refractivity contribution is -0.141. The minimum atomic E-state index is -0.811. The summed E-state index contributed by atoms with van der Waals surface area (Å²) in [5, 5.41) is 11.9. The molecule has 0 aromatic heterocycles. The van der Waals surface area contributed by atoms with Gasteiger partial charge in [0.15, 0.2) is 0 Å². The zero-order chi connectivity index (χ0) is 15.0. The number of halogens is 1. The lowest BCUT2D eigenvalue weighted by atomic mass is 10.0. The van der Waals surface area contributed by atoms with E-state index in [-0.39, 0.29) is 35.5 Å². The Hall–Kier alpha value is -1.91. The zero-order valence-electron chi connectivity index (χ0n) is 11.6. The molecule has 3 rings (SSSR count). The summed E-state index contributed by atoms with van der Waals surface area (Å²) in [7, 11) is 0. The van der Waals surface area contributed by atoms with Crippen molar-refractivity contribution >= 4 is 11.9 Å². The van der Waals surface area contributed by atoms with Gasteiger partial charge in [-0.3, -0.25) is 9.59 Å². The fraction of sp³-hybridized carbons (Fsp3) is 0.500. The smallest absolute Gasteiger partial charge is 0.306 e. The van der Waals surface area contributed by atoms with E-state index in [1.165, 1.54) is 12.1 Å². The van der Waals surface area contributed by atoms with Gasteiger partial charge in [0.25, 0.3) is 0 Å². The molecule has 2 fully saturated rings. The Bertz CT molecular complexity index is 574. The Kier molecular flexibility index (Phi) is 3.66. The predicted octanol–water partition coefficient (Wildman–Crippen LogP) is 2.30. The van der Waals surface area contributed by atoms with Crippen LogP contribution in [0.5, 0.6) is 0 Å². The Balaban J connectivity index is 1.52. The summed E-state index contributed by atoms with van der Waals surface area (Å²) in [6, 6.07) is 6.52. The zero-order valence-corrected chi connectivity index (χ0v) is 11.6. The van der Waals surface area contributed by atoms with Gasteiger partial charge in [-0.25, -0.2) is 4.39 Å². The number of rotatable bonds is 4.